The topological polar surface area (TPSA) is 72.9 Å². The predicted molar refractivity (Wildman–Crippen MR) is 73.1 cm³/mol. The molecule has 0 bridgehead atoms. The van der Waals surface area contributed by atoms with Gasteiger partial charge in [-0.25, -0.2) is 9.59 Å². The molecule has 2 N–H and O–H groups in total. The van der Waals surface area contributed by atoms with Gasteiger partial charge in [0, 0.05) is 13.6 Å². The molecule has 0 radical (unpaired) electrons. The highest BCUT2D eigenvalue weighted by molar-refractivity contribution is 5.82. The molecule has 6 heteroatoms. The summed E-state index contributed by atoms with van der Waals surface area (Å²) in [7, 11) is 3.63. The Morgan fingerprint density at radius 1 is 1.42 bits per heavy atom. The van der Waals surface area contributed by atoms with Crippen LogP contribution in [0.3, 0.4) is 0 Å². The maximum atomic E-state index is 11.7. The van der Waals surface area contributed by atoms with E-state index in [4.69, 9.17) is 5.11 Å². The maximum Gasteiger partial charge on any atom is 0.326 e. The molecule has 1 fully saturated rings. The molecule has 0 saturated carbocycles. The standard InChI is InChI=1S/C13H25N3O3/c1-10(12(17)18)16(3)13(19)14-7-4-11-5-8-15(2)9-6-11/h10-11H,4-9H2,1-3H3,(H,14,19)(H,17,18). The summed E-state index contributed by atoms with van der Waals surface area (Å²) in [5.41, 5.74) is 0. The van der Waals surface area contributed by atoms with Crippen molar-refractivity contribution < 1.29 is 14.7 Å². The summed E-state index contributed by atoms with van der Waals surface area (Å²) in [5.74, 6) is -0.327. The van der Waals surface area contributed by atoms with E-state index in [1.54, 1.807) is 0 Å². The average molecular weight is 271 g/mol. The van der Waals surface area contributed by atoms with Gasteiger partial charge in [-0.2, -0.15) is 0 Å². The Labute approximate surface area is 114 Å². The third kappa shape index (κ3) is 5.06. The Balaban J connectivity index is 2.21. The molecule has 1 rings (SSSR count). The molecular formula is C13H25N3O3. The Morgan fingerprint density at radius 3 is 2.53 bits per heavy atom. The highest BCUT2D eigenvalue weighted by Crippen LogP contribution is 2.18. The molecular weight excluding hydrogens is 246 g/mol. The van der Waals surface area contributed by atoms with Gasteiger partial charge in [0.25, 0.3) is 0 Å². The molecule has 0 aromatic rings. The van der Waals surface area contributed by atoms with Crippen molar-refractivity contribution in [3.8, 4) is 0 Å². The van der Waals surface area contributed by atoms with Crippen LogP contribution in [0.2, 0.25) is 0 Å². The van der Waals surface area contributed by atoms with E-state index in [2.05, 4.69) is 17.3 Å². The molecule has 0 aromatic heterocycles. The minimum absolute atomic E-state index is 0.317. The summed E-state index contributed by atoms with van der Waals surface area (Å²) < 4.78 is 0. The zero-order valence-corrected chi connectivity index (χ0v) is 12.1. The van der Waals surface area contributed by atoms with Crippen molar-refractivity contribution in [2.45, 2.75) is 32.2 Å². The molecule has 0 aliphatic carbocycles. The van der Waals surface area contributed by atoms with E-state index in [9.17, 15) is 9.59 Å². The van der Waals surface area contributed by atoms with Crippen LogP contribution in [0, 0.1) is 5.92 Å². The lowest BCUT2D eigenvalue weighted by Crippen LogP contribution is -2.46. The zero-order chi connectivity index (χ0) is 14.4. The number of rotatable bonds is 5. The van der Waals surface area contributed by atoms with Gasteiger partial charge >= 0.3 is 12.0 Å². The SMILES string of the molecule is CC(C(=O)O)N(C)C(=O)NCCC1CCN(C)CC1. The fourth-order valence-electron chi connectivity index (χ4n) is 2.20. The van der Waals surface area contributed by atoms with Crippen molar-refractivity contribution in [2.75, 3.05) is 33.7 Å². The van der Waals surface area contributed by atoms with E-state index in [1.165, 1.54) is 31.7 Å². The van der Waals surface area contributed by atoms with Gasteiger partial charge in [0.2, 0.25) is 0 Å². The van der Waals surface area contributed by atoms with Crippen molar-refractivity contribution in [1.82, 2.24) is 15.1 Å². The van der Waals surface area contributed by atoms with Gasteiger partial charge in [-0.15, -0.1) is 0 Å². The Kier molecular flexibility index (Phi) is 6.08. The molecule has 1 heterocycles. The number of aliphatic carboxylic acids is 1. The molecule has 0 spiro atoms. The van der Waals surface area contributed by atoms with Crippen LogP contribution in [0.1, 0.15) is 26.2 Å². The molecule has 2 amide bonds. The molecule has 1 unspecified atom stereocenters. The Bertz CT molecular complexity index is 314. The largest absolute Gasteiger partial charge is 0.480 e. The number of amides is 2. The van der Waals surface area contributed by atoms with Crippen molar-refractivity contribution in [1.29, 1.82) is 0 Å². The summed E-state index contributed by atoms with van der Waals surface area (Å²) in [6.45, 7) is 4.35. The molecule has 1 aliphatic rings. The van der Waals surface area contributed by atoms with Crippen LogP contribution in [0.25, 0.3) is 0 Å². The van der Waals surface area contributed by atoms with Crippen molar-refractivity contribution in [2.24, 2.45) is 5.92 Å². The number of nitrogens with zero attached hydrogens (tertiary/aromatic N) is 2. The predicted octanol–water partition coefficient (Wildman–Crippen LogP) is 0.833. The van der Waals surface area contributed by atoms with E-state index in [0.29, 0.717) is 12.5 Å². The minimum atomic E-state index is -0.993. The number of hydrogen-bond donors (Lipinski definition) is 2. The second kappa shape index (κ2) is 7.33. The summed E-state index contributed by atoms with van der Waals surface area (Å²) in [5, 5.41) is 11.6. The van der Waals surface area contributed by atoms with E-state index in [1.807, 2.05) is 0 Å². The summed E-state index contributed by atoms with van der Waals surface area (Å²) in [4.78, 5) is 26.0. The number of carboxylic acids is 1. The Hall–Kier alpha value is -1.30. The fraction of sp³-hybridized carbons (Fsp3) is 0.846. The first-order valence-corrected chi connectivity index (χ1v) is 6.83. The average Bonchev–Trinajstić information content (AvgIpc) is 2.39. The first-order valence-electron chi connectivity index (χ1n) is 6.83. The smallest absolute Gasteiger partial charge is 0.326 e. The maximum absolute atomic E-state index is 11.7. The van der Waals surface area contributed by atoms with Crippen LogP contribution >= 0.6 is 0 Å². The van der Waals surface area contributed by atoms with Gasteiger partial charge in [0.1, 0.15) is 6.04 Å². The van der Waals surface area contributed by atoms with E-state index < -0.39 is 12.0 Å². The molecule has 1 aliphatic heterocycles. The number of nitrogens with one attached hydrogen (secondary N) is 1. The van der Waals surface area contributed by atoms with E-state index >= 15 is 0 Å². The highest BCUT2D eigenvalue weighted by atomic mass is 16.4. The lowest BCUT2D eigenvalue weighted by molar-refractivity contribution is -0.141. The van der Waals surface area contributed by atoms with Gasteiger partial charge in [-0.3, -0.25) is 0 Å². The van der Waals surface area contributed by atoms with Crippen LogP contribution in [-0.4, -0.2) is 66.7 Å². The summed E-state index contributed by atoms with van der Waals surface area (Å²) in [6.07, 6.45) is 3.32. The van der Waals surface area contributed by atoms with Gasteiger partial charge in [-0.1, -0.05) is 0 Å². The van der Waals surface area contributed by atoms with Crippen molar-refractivity contribution in [3.63, 3.8) is 0 Å². The van der Waals surface area contributed by atoms with Gasteiger partial charge < -0.3 is 20.2 Å². The van der Waals surface area contributed by atoms with Crippen molar-refractivity contribution in [3.05, 3.63) is 0 Å². The van der Waals surface area contributed by atoms with Crippen LogP contribution in [0.15, 0.2) is 0 Å². The first kappa shape index (κ1) is 15.8. The lowest BCUT2D eigenvalue weighted by atomic mass is 9.94. The third-order valence-corrected chi connectivity index (χ3v) is 3.93. The first-order chi connectivity index (χ1) is 8.91. The number of carbonyl (C=O) groups excluding carboxylic acids is 1. The van der Waals surface area contributed by atoms with Gasteiger partial charge in [0.05, 0.1) is 0 Å². The number of carbonyl (C=O) groups is 2. The zero-order valence-electron chi connectivity index (χ0n) is 12.1. The number of hydrogen-bond acceptors (Lipinski definition) is 3. The van der Waals surface area contributed by atoms with Gasteiger partial charge in [0.15, 0.2) is 0 Å². The van der Waals surface area contributed by atoms with Crippen LogP contribution < -0.4 is 5.32 Å². The summed E-state index contributed by atoms with van der Waals surface area (Å²) in [6, 6.07) is -1.12. The molecule has 0 aromatic carbocycles. The van der Waals surface area contributed by atoms with Crippen LogP contribution in [0.5, 0.6) is 0 Å². The molecule has 19 heavy (non-hydrogen) atoms. The monoisotopic (exact) mass is 271 g/mol. The lowest BCUT2D eigenvalue weighted by Gasteiger charge is -2.29. The highest BCUT2D eigenvalue weighted by Gasteiger charge is 2.22. The normalized spacial score (nSPS) is 18.9. The Morgan fingerprint density at radius 2 is 2.00 bits per heavy atom. The number of likely N-dealkylation sites (tertiary alicyclic amines) is 1. The quantitative estimate of drug-likeness (QED) is 0.777. The molecule has 1 atom stereocenters. The second-order valence-electron chi connectivity index (χ2n) is 5.39. The van der Waals surface area contributed by atoms with E-state index in [0.717, 1.165) is 19.5 Å². The number of piperidine rings is 1. The second-order valence-corrected chi connectivity index (χ2v) is 5.39. The molecule has 110 valence electrons. The minimum Gasteiger partial charge on any atom is -0.480 e. The van der Waals surface area contributed by atoms with E-state index in [-0.39, 0.29) is 6.03 Å². The fourth-order valence-corrected chi connectivity index (χ4v) is 2.20. The third-order valence-electron chi connectivity index (χ3n) is 3.93. The molecule has 6 nitrogen and oxygen atoms in total. The number of urea groups is 1. The van der Waals surface area contributed by atoms with Gasteiger partial charge in [-0.05, 0) is 52.2 Å². The van der Waals surface area contributed by atoms with Crippen LogP contribution in [-0.2, 0) is 4.79 Å². The van der Waals surface area contributed by atoms with Crippen molar-refractivity contribution >= 4 is 12.0 Å². The summed E-state index contributed by atoms with van der Waals surface area (Å²) >= 11 is 0. The number of likely N-dealkylation sites (N-methyl/N-ethyl adjacent to an activating group) is 1. The molecule has 1 saturated heterocycles. The number of carboxylic acid groups (broad SMARTS) is 1. The van der Waals surface area contributed by atoms with Crippen LogP contribution in [0.4, 0.5) is 4.79 Å².